The van der Waals surface area contributed by atoms with E-state index in [0.717, 1.165) is 0 Å². The van der Waals surface area contributed by atoms with E-state index in [4.69, 9.17) is 34.8 Å². The molecule has 0 aromatic heterocycles. The third-order valence-corrected chi connectivity index (χ3v) is 4.18. The first-order valence-electron chi connectivity index (χ1n) is 5.96. The lowest BCUT2D eigenvalue weighted by molar-refractivity contribution is -0.187. The monoisotopic (exact) mass is 382 g/mol. The van der Waals surface area contributed by atoms with E-state index >= 15 is 0 Å². The molecule has 0 unspecified atom stereocenters. The van der Waals surface area contributed by atoms with Crippen LogP contribution in [0.3, 0.4) is 0 Å². The molecule has 2 rings (SSSR count). The van der Waals surface area contributed by atoms with Crippen LogP contribution in [0.15, 0.2) is 12.1 Å². The Hall–Kier alpha value is 0.0900. The maximum Gasteiger partial charge on any atom is 0.408 e. The summed E-state index contributed by atoms with van der Waals surface area (Å²) >= 11 is 17.6. The predicted molar refractivity (Wildman–Crippen MR) is 82.0 cm³/mol. The molecule has 21 heavy (non-hydrogen) atoms. The maximum atomic E-state index is 13.4. The molecule has 120 valence electrons. The molecule has 0 saturated carbocycles. The van der Waals surface area contributed by atoms with Gasteiger partial charge in [0.15, 0.2) is 0 Å². The van der Waals surface area contributed by atoms with E-state index in [-0.39, 0.29) is 46.1 Å². The number of nitrogens with zero attached hydrogens (tertiary/aromatic N) is 1. The summed E-state index contributed by atoms with van der Waals surface area (Å²) in [6.07, 6.45) is -4.45. The predicted octanol–water partition coefficient (Wildman–Crippen LogP) is 4.58. The van der Waals surface area contributed by atoms with Crippen molar-refractivity contribution in [2.45, 2.75) is 12.2 Å². The maximum absolute atomic E-state index is 13.4. The second-order valence-corrected chi connectivity index (χ2v) is 5.74. The lowest BCUT2D eigenvalue weighted by Crippen LogP contribution is -2.49. The fourth-order valence-corrected chi connectivity index (χ4v) is 3.02. The Labute approximate surface area is 141 Å². The third kappa shape index (κ3) is 4.53. The molecule has 1 saturated heterocycles. The van der Waals surface area contributed by atoms with Crippen LogP contribution in [0.4, 0.5) is 13.2 Å². The van der Waals surface area contributed by atoms with Crippen LogP contribution in [0.25, 0.3) is 0 Å². The van der Waals surface area contributed by atoms with Crippen molar-refractivity contribution >= 4 is 47.2 Å². The molecule has 1 aliphatic rings. The van der Waals surface area contributed by atoms with Crippen LogP contribution in [0.2, 0.25) is 15.1 Å². The average molecular weight is 384 g/mol. The Balaban J connectivity index is 0.00000220. The Bertz CT molecular complexity index is 490. The Morgan fingerprint density at radius 3 is 2.19 bits per heavy atom. The Morgan fingerprint density at radius 1 is 1.10 bits per heavy atom. The number of hydrogen-bond acceptors (Lipinski definition) is 2. The molecule has 0 spiro atoms. The van der Waals surface area contributed by atoms with E-state index in [1.54, 1.807) is 0 Å². The first kappa shape index (κ1) is 19.1. The highest BCUT2D eigenvalue weighted by Crippen LogP contribution is 2.43. The molecule has 1 aromatic carbocycles. The SMILES string of the molecule is Cl.FC(F)(F)[C@H](c1cc(Cl)cc(Cl)c1Cl)N1CCNCC1. The fraction of sp³-hybridized carbons (Fsp3) is 0.500. The zero-order valence-electron chi connectivity index (χ0n) is 10.7. The van der Waals surface area contributed by atoms with Gasteiger partial charge in [0.2, 0.25) is 0 Å². The number of benzene rings is 1. The number of piperazine rings is 1. The van der Waals surface area contributed by atoms with E-state index < -0.39 is 12.2 Å². The summed E-state index contributed by atoms with van der Waals surface area (Å²) in [6, 6.07) is 0.768. The quantitative estimate of drug-likeness (QED) is 0.752. The van der Waals surface area contributed by atoms with Gasteiger partial charge in [-0.3, -0.25) is 4.90 Å². The average Bonchev–Trinajstić information content (AvgIpc) is 2.35. The van der Waals surface area contributed by atoms with Gasteiger partial charge >= 0.3 is 6.18 Å². The molecular formula is C12H13Cl4F3N2. The van der Waals surface area contributed by atoms with Gasteiger partial charge in [-0.1, -0.05) is 34.8 Å². The number of rotatable bonds is 2. The van der Waals surface area contributed by atoms with Crippen molar-refractivity contribution < 1.29 is 13.2 Å². The normalized spacial score (nSPS) is 18.2. The highest BCUT2D eigenvalue weighted by Gasteiger charge is 2.46. The minimum Gasteiger partial charge on any atom is -0.314 e. The van der Waals surface area contributed by atoms with Crippen molar-refractivity contribution in [1.29, 1.82) is 0 Å². The van der Waals surface area contributed by atoms with Crippen molar-refractivity contribution in [3.05, 3.63) is 32.8 Å². The molecule has 0 aliphatic carbocycles. The summed E-state index contributed by atoms with van der Waals surface area (Å²) < 4.78 is 40.3. The Kier molecular flexibility index (Phi) is 6.90. The van der Waals surface area contributed by atoms with Crippen molar-refractivity contribution in [1.82, 2.24) is 10.2 Å². The highest BCUT2D eigenvalue weighted by atomic mass is 35.5. The van der Waals surface area contributed by atoms with Gasteiger partial charge in [-0.25, -0.2) is 0 Å². The van der Waals surface area contributed by atoms with Gasteiger partial charge in [0, 0.05) is 31.2 Å². The van der Waals surface area contributed by atoms with Crippen LogP contribution >= 0.6 is 47.2 Å². The number of halogens is 7. The summed E-state index contributed by atoms with van der Waals surface area (Å²) in [5, 5.41) is 3.08. The molecule has 0 radical (unpaired) electrons. The van der Waals surface area contributed by atoms with Crippen LogP contribution < -0.4 is 5.32 Å². The fourth-order valence-electron chi connectivity index (χ4n) is 2.30. The molecule has 1 fully saturated rings. The first-order chi connectivity index (χ1) is 9.30. The summed E-state index contributed by atoms with van der Waals surface area (Å²) in [5.74, 6) is 0. The molecule has 1 heterocycles. The van der Waals surface area contributed by atoms with E-state index in [2.05, 4.69) is 5.32 Å². The zero-order chi connectivity index (χ0) is 14.9. The van der Waals surface area contributed by atoms with Crippen molar-refractivity contribution in [2.75, 3.05) is 26.2 Å². The summed E-state index contributed by atoms with van der Waals surface area (Å²) in [6.45, 7) is 1.56. The molecule has 1 atom stereocenters. The largest absolute Gasteiger partial charge is 0.408 e. The van der Waals surface area contributed by atoms with Gasteiger partial charge in [0.25, 0.3) is 0 Å². The van der Waals surface area contributed by atoms with Gasteiger partial charge in [0.05, 0.1) is 10.0 Å². The van der Waals surface area contributed by atoms with Crippen molar-refractivity contribution in [2.24, 2.45) is 0 Å². The molecule has 1 N–H and O–H groups in total. The van der Waals surface area contributed by atoms with Gasteiger partial charge in [-0.2, -0.15) is 13.2 Å². The van der Waals surface area contributed by atoms with Crippen LogP contribution in [-0.2, 0) is 0 Å². The summed E-state index contributed by atoms with van der Waals surface area (Å²) in [7, 11) is 0. The van der Waals surface area contributed by atoms with Crippen LogP contribution in [0, 0.1) is 0 Å². The first-order valence-corrected chi connectivity index (χ1v) is 7.10. The summed E-state index contributed by atoms with van der Waals surface area (Å²) in [4.78, 5) is 1.34. The van der Waals surface area contributed by atoms with Crippen molar-refractivity contribution in [3.63, 3.8) is 0 Å². The molecule has 9 heteroatoms. The second-order valence-electron chi connectivity index (χ2n) is 4.52. The van der Waals surface area contributed by atoms with Gasteiger partial charge in [-0.15, -0.1) is 12.4 Å². The van der Waals surface area contributed by atoms with Gasteiger partial charge in [0.1, 0.15) is 6.04 Å². The van der Waals surface area contributed by atoms with Crippen LogP contribution in [0.5, 0.6) is 0 Å². The lowest BCUT2D eigenvalue weighted by atomic mass is 10.0. The Morgan fingerprint density at radius 2 is 1.67 bits per heavy atom. The second kappa shape index (κ2) is 7.57. The topological polar surface area (TPSA) is 15.3 Å². The van der Waals surface area contributed by atoms with E-state index in [1.807, 2.05) is 0 Å². The standard InChI is InChI=1S/C12H12Cl3F3N2.ClH/c13-7-5-8(10(15)9(14)6-7)11(12(16,17)18)20-3-1-19-2-4-20;/h5-6,11,19H,1-4H2;1H/t11-;/m0./s1. The van der Waals surface area contributed by atoms with Gasteiger partial charge < -0.3 is 5.32 Å². The van der Waals surface area contributed by atoms with Crippen LogP contribution in [-0.4, -0.2) is 37.3 Å². The smallest absolute Gasteiger partial charge is 0.314 e. The molecule has 0 bridgehead atoms. The minimum atomic E-state index is -4.45. The minimum absolute atomic E-state index is 0. The van der Waals surface area contributed by atoms with E-state index in [1.165, 1.54) is 17.0 Å². The van der Waals surface area contributed by atoms with Gasteiger partial charge in [-0.05, 0) is 17.7 Å². The molecular weight excluding hydrogens is 371 g/mol. The lowest BCUT2D eigenvalue weighted by Gasteiger charge is -2.36. The zero-order valence-corrected chi connectivity index (χ0v) is 13.8. The number of nitrogens with one attached hydrogen (secondary N) is 1. The highest BCUT2D eigenvalue weighted by molar-refractivity contribution is 6.43. The van der Waals surface area contributed by atoms with E-state index in [0.29, 0.717) is 13.1 Å². The third-order valence-electron chi connectivity index (χ3n) is 3.14. The van der Waals surface area contributed by atoms with E-state index in [9.17, 15) is 13.2 Å². The number of alkyl halides is 3. The molecule has 2 nitrogen and oxygen atoms in total. The van der Waals surface area contributed by atoms with Crippen molar-refractivity contribution in [3.8, 4) is 0 Å². The molecule has 0 amide bonds. The molecule has 1 aromatic rings. The molecule has 1 aliphatic heterocycles. The number of hydrogen-bond donors (Lipinski definition) is 1. The van der Waals surface area contributed by atoms with Crippen LogP contribution in [0.1, 0.15) is 11.6 Å². The summed E-state index contributed by atoms with van der Waals surface area (Å²) in [5.41, 5.74) is -0.0985.